The summed E-state index contributed by atoms with van der Waals surface area (Å²) < 4.78 is -0.631. The Kier molecular flexibility index (Phi) is 4.55. The Labute approximate surface area is 127 Å². The molecule has 0 spiro atoms. The van der Waals surface area contributed by atoms with Crippen molar-refractivity contribution in [1.82, 2.24) is 0 Å². The Hall–Kier alpha value is -0.710. The largest absolute Gasteiger partial charge is 0.507 e. The molecule has 1 rings (SSSR count). The Morgan fingerprint density at radius 2 is 1.60 bits per heavy atom. The second-order valence-electron chi connectivity index (χ2n) is 6.72. The number of thiol groups is 1. The van der Waals surface area contributed by atoms with E-state index in [4.69, 9.17) is 12.6 Å². The summed E-state index contributed by atoms with van der Waals surface area (Å²) in [5.41, 5.74) is 0.575. The van der Waals surface area contributed by atoms with Crippen molar-refractivity contribution >= 4 is 12.6 Å². The number of aryl methyl sites for hydroxylation is 1. The van der Waals surface area contributed by atoms with Gasteiger partial charge in [-0.05, 0) is 44.9 Å². The minimum Gasteiger partial charge on any atom is -0.507 e. The van der Waals surface area contributed by atoms with E-state index in [0.29, 0.717) is 11.1 Å². The first-order valence-corrected chi connectivity index (χ1v) is 7.19. The number of benzene rings is 1. The van der Waals surface area contributed by atoms with Crippen LogP contribution in [0.3, 0.4) is 0 Å². The number of hydrogen-bond donors (Lipinski definition) is 4. The van der Waals surface area contributed by atoms with E-state index >= 15 is 0 Å². The molecule has 3 nitrogen and oxygen atoms in total. The third kappa shape index (κ3) is 2.69. The second-order valence-corrected chi connectivity index (χ2v) is 7.61. The molecule has 0 aliphatic heterocycles. The van der Waals surface area contributed by atoms with Gasteiger partial charge >= 0.3 is 0 Å². The molecule has 0 saturated heterocycles. The van der Waals surface area contributed by atoms with Crippen LogP contribution in [0.4, 0.5) is 0 Å². The van der Waals surface area contributed by atoms with E-state index in [9.17, 15) is 15.3 Å². The summed E-state index contributed by atoms with van der Waals surface area (Å²) in [6.45, 7) is 11.0. The van der Waals surface area contributed by atoms with Gasteiger partial charge in [0.05, 0.1) is 12.2 Å². The lowest BCUT2D eigenvalue weighted by molar-refractivity contribution is -0.0550. The predicted molar refractivity (Wildman–Crippen MR) is 85.2 cm³/mol. The predicted octanol–water partition coefficient (Wildman–Crippen LogP) is 3.14. The third-order valence-electron chi connectivity index (χ3n) is 4.86. The molecule has 1 aromatic rings. The Morgan fingerprint density at radius 1 is 1.10 bits per heavy atom. The Balaban J connectivity index is 3.47. The van der Waals surface area contributed by atoms with Gasteiger partial charge in [-0.15, -0.1) is 0 Å². The number of rotatable bonds is 4. The molecular weight excluding hydrogens is 272 g/mol. The van der Waals surface area contributed by atoms with Crippen LogP contribution in [0.2, 0.25) is 0 Å². The fraction of sp³-hybridized carbons (Fsp3) is 0.625. The maximum absolute atomic E-state index is 10.4. The highest BCUT2D eigenvalue weighted by Crippen LogP contribution is 2.51. The number of aliphatic hydroxyl groups excluding tert-OH is 1. The highest BCUT2D eigenvalue weighted by molar-refractivity contribution is 7.81. The van der Waals surface area contributed by atoms with Crippen LogP contribution in [0.15, 0.2) is 12.1 Å². The van der Waals surface area contributed by atoms with Crippen molar-refractivity contribution in [2.75, 3.05) is 0 Å². The first-order chi connectivity index (χ1) is 8.86. The minimum absolute atomic E-state index is 0.112. The van der Waals surface area contributed by atoms with E-state index in [-0.39, 0.29) is 12.4 Å². The van der Waals surface area contributed by atoms with Gasteiger partial charge in [-0.1, -0.05) is 19.9 Å². The van der Waals surface area contributed by atoms with Crippen molar-refractivity contribution in [3.05, 3.63) is 28.8 Å². The molecule has 0 radical (unpaired) electrons. The van der Waals surface area contributed by atoms with Crippen LogP contribution in [0, 0.1) is 12.3 Å². The van der Waals surface area contributed by atoms with E-state index in [1.165, 1.54) is 0 Å². The average molecular weight is 298 g/mol. The van der Waals surface area contributed by atoms with Gasteiger partial charge in [-0.3, -0.25) is 0 Å². The number of hydrogen-bond acceptors (Lipinski definition) is 4. The van der Waals surface area contributed by atoms with Crippen molar-refractivity contribution in [2.45, 2.75) is 58.5 Å². The molecule has 1 aromatic carbocycles. The van der Waals surface area contributed by atoms with Crippen LogP contribution in [0.5, 0.6) is 5.75 Å². The van der Waals surface area contributed by atoms with E-state index in [0.717, 1.165) is 5.56 Å². The first kappa shape index (κ1) is 17.3. The number of aromatic hydroxyl groups is 1. The van der Waals surface area contributed by atoms with Gasteiger partial charge in [0.1, 0.15) is 5.75 Å². The Bertz CT molecular complexity index is 499. The zero-order chi connectivity index (χ0) is 15.9. The normalized spacial score (nSPS) is 16.1. The van der Waals surface area contributed by atoms with Gasteiger partial charge < -0.3 is 15.3 Å². The van der Waals surface area contributed by atoms with E-state index < -0.39 is 15.8 Å². The molecule has 4 heteroatoms. The molecule has 0 aromatic heterocycles. The highest BCUT2D eigenvalue weighted by Gasteiger charge is 2.49. The molecule has 1 unspecified atom stereocenters. The summed E-state index contributed by atoms with van der Waals surface area (Å²) in [5.74, 6) is 0.112. The lowest BCUT2D eigenvalue weighted by Crippen LogP contribution is -2.50. The summed E-state index contributed by atoms with van der Waals surface area (Å²) in [6.07, 6.45) is 0. The van der Waals surface area contributed by atoms with Crippen molar-refractivity contribution < 1.29 is 15.3 Å². The van der Waals surface area contributed by atoms with Crippen LogP contribution in [0.1, 0.15) is 51.3 Å². The van der Waals surface area contributed by atoms with Crippen LogP contribution in [-0.4, -0.2) is 20.9 Å². The van der Waals surface area contributed by atoms with Gasteiger partial charge in [0.25, 0.3) is 0 Å². The lowest BCUT2D eigenvalue weighted by Gasteiger charge is -2.49. The molecule has 0 saturated carbocycles. The summed E-state index contributed by atoms with van der Waals surface area (Å²) >= 11 is 4.79. The minimum atomic E-state index is -0.936. The zero-order valence-corrected chi connectivity index (χ0v) is 14.0. The quantitative estimate of drug-likeness (QED) is 0.646. The summed E-state index contributed by atoms with van der Waals surface area (Å²) in [7, 11) is 0. The van der Waals surface area contributed by atoms with E-state index in [1.54, 1.807) is 26.8 Å². The fourth-order valence-electron chi connectivity index (χ4n) is 2.21. The smallest absolute Gasteiger partial charge is 0.124 e. The molecule has 20 heavy (non-hydrogen) atoms. The Morgan fingerprint density at radius 3 is 2.00 bits per heavy atom. The van der Waals surface area contributed by atoms with E-state index in [1.807, 2.05) is 26.8 Å². The molecule has 1 atom stereocenters. The van der Waals surface area contributed by atoms with E-state index in [2.05, 4.69) is 0 Å². The number of phenols is 1. The van der Waals surface area contributed by atoms with Crippen LogP contribution in [-0.2, 0) is 11.4 Å². The summed E-state index contributed by atoms with van der Waals surface area (Å²) in [6, 6.07) is 3.61. The zero-order valence-electron chi connectivity index (χ0n) is 13.2. The molecular formula is C16H26O3S. The highest BCUT2D eigenvalue weighted by atomic mass is 32.1. The molecule has 114 valence electrons. The fourth-order valence-corrected chi connectivity index (χ4v) is 2.61. The van der Waals surface area contributed by atoms with Crippen LogP contribution in [0.25, 0.3) is 0 Å². The number of aliphatic hydroxyl groups is 2. The second kappa shape index (κ2) is 5.24. The lowest BCUT2D eigenvalue weighted by atomic mass is 9.65. The molecule has 0 fully saturated rings. The average Bonchev–Trinajstić information content (AvgIpc) is 2.30. The van der Waals surface area contributed by atoms with Crippen molar-refractivity contribution in [1.29, 1.82) is 0 Å². The van der Waals surface area contributed by atoms with Gasteiger partial charge in [-0.25, -0.2) is 0 Å². The SMILES string of the molecule is Cc1cc(C(C)(S)C(C)(C)C(C)(C)O)cc(CO)c1O. The van der Waals surface area contributed by atoms with Gasteiger partial charge in [0, 0.05) is 15.7 Å². The topological polar surface area (TPSA) is 60.7 Å². The molecule has 0 bridgehead atoms. The van der Waals surface area contributed by atoms with Gasteiger partial charge in [0.2, 0.25) is 0 Å². The standard InChI is InChI=1S/C16H26O3S/c1-10-7-12(8-11(9-17)13(10)18)16(6,20)14(2,3)15(4,5)19/h7-8,17-20H,9H2,1-6H3. The maximum atomic E-state index is 10.4. The van der Waals surface area contributed by atoms with Crippen LogP contribution < -0.4 is 0 Å². The third-order valence-corrected chi connectivity index (χ3v) is 5.68. The van der Waals surface area contributed by atoms with Gasteiger partial charge in [-0.2, -0.15) is 12.6 Å². The monoisotopic (exact) mass is 298 g/mol. The summed E-state index contributed by atoms with van der Waals surface area (Å²) in [5, 5.41) is 29.7. The van der Waals surface area contributed by atoms with Gasteiger partial charge in [0.15, 0.2) is 0 Å². The van der Waals surface area contributed by atoms with Crippen molar-refractivity contribution in [2.24, 2.45) is 5.41 Å². The molecule has 0 aliphatic carbocycles. The summed E-state index contributed by atoms with van der Waals surface area (Å²) in [4.78, 5) is 0. The first-order valence-electron chi connectivity index (χ1n) is 6.75. The van der Waals surface area contributed by atoms with Crippen LogP contribution >= 0.6 is 12.6 Å². The molecule has 3 N–H and O–H groups in total. The van der Waals surface area contributed by atoms with Crippen molar-refractivity contribution in [3.8, 4) is 5.75 Å². The molecule has 0 amide bonds. The maximum Gasteiger partial charge on any atom is 0.124 e. The van der Waals surface area contributed by atoms with Crippen molar-refractivity contribution in [3.63, 3.8) is 0 Å². The molecule has 0 aliphatic rings. The molecule has 0 heterocycles.